The van der Waals surface area contributed by atoms with Gasteiger partial charge in [-0.05, 0) is 68.1 Å². The highest BCUT2D eigenvalue weighted by atomic mass is 35.5. The Kier molecular flexibility index (Phi) is 10.6. The molecule has 242 valence electrons. The van der Waals surface area contributed by atoms with Gasteiger partial charge >= 0.3 is 12.1 Å². The smallest absolute Gasteiger partial charge is 0.490 e. The molecule has 1 saturated heterocycles. The van der Waals surface area contributed by atoms with Crippen molar-refractivity contribution >= 4 is 55.4 Å². The van der Waals surface area contributed by atoms with Gasteiger partial charge < -0.3 is 15.2 Å². The first-order chi connectivity index (χ1) is 21.1. The lowest BCUT2D eigenvalue weighted by Gasteiger charge is -2.22. The first kappa shape index (κ1) is 34.4. The van der Waals surface area contributed by atoms with Crippen LogP contribution in [0.5, 0.6) is 5.75 Å². The van der Waals surface area contributed by atoms with Crippen LogP contribution in [0.3, 0.4) is 0 Å². The molecule has 2 aromatic heterocycles. The molecule has 1 aliphatic heterocycles. The van der Waals surface area contributed by atoms with Crippen molar-refractivity contribution in [3.05, 3.63) is 75.8 Å². The second kappa shape index (κ2) is 13.9. The third-order valence-corrected chi connectivity index (χ3v) is 10.8. The van der Waals surface area contributed by atoms with Crippen LogP contribution < -0.4 is 10.1 Å². The van der Waals surface area contributed by atoms with E-state index >= 15 is 0 Å². The zero-order chi connectivity index (χ0) is 33.0. The number of carbonyl (C=O) groups excluding carboxylic acids is 1. The van der Waals surface area contributed by atoms with Crippen molar-refractivity contribution in [1.82, 2.24) is 15.1 Å². The molecule has 15 heteroatoms. The van der Waals surface area contributed by atoms with E-state index in [2.05, 4.69) is 11.4 Å². The quantitative estimate of drug-likeness (QED) is 0.206. The molecule has 9 nitrogen and oxygen atoms in total. The standard InChI is InChI=1S/C28H30ClN3O4S2.C2HF3O2/c1-28(14-5-15-30-28)24(33)11-10-19-6-3-7-20(16-19)17-32-22-8-4-9-23(36-2)27(22)21(31-32)18-38(34,35)26-13-12-25(29)37-26;3-2(4,5)1(6)7/h3-4,6-9,12-13,16,30H,5,10-11,14-15,17-18H2,1-2H3;(H,6,7)/t28-;/m0./s1. The molecule has 0 spiro atoms. The lowest BCUT2D eigenvalue weighted by molar-refractivity contribution is -0.192. The number of hydrogen-bond donors (Lipinski definition) is 2. The fraction of sp³-hybridized carbons (Fsp3) is 0.367. The molecule has 0 bridgehead atoms. The maximum atomic E-state index is 13.1. The summed E-state index contributed by atoms with van der Waals surface area (Å²) < 4.78 is 66.1. The van der Waals surface area contributed by atoms with E-state index < -0.39 is 27.5 Å². The van der Waals surface area contributed by atoms with Gasteiger partial charge in [0.25, 0.3) is 0 Å². The summed E-state index contributed by atoms with van der Waals surface area (Å²) in [5.41, 5.74) is 2.92. The van der Waals surface area contributed by atoms with Gasteiger partial charge in [0, 0.05) is 6.42 Å². The maximum absolute atomic E-state index is 13.1. The second-order valence-corrected chi connectivity index (χ2v) is 14.6. The third-order valence-electron chi connectivity index (χ3n) is 7.41. The average molecular weight is 686 g/mol. The Morgan fingerprint density at radius 3 is 2.44 bits per heavy atom. The van der Waals surface area contributed by atoms with Crippen molar-refractivity contribution in [2.75, 3.05) is 13.7 Å². The number of hydrogen-bond acceptors (Lipinski definition) is 8. The molecule has 5 rings (SSSR count). The Hall–Kier alpha value is -3.46. The summed E-state index contributed by atoms with van der Waals surface area (Å²) in [5, 5.41) is 15.9. The molecule has 0 unspecified atom stereocenters. The summed E-state index contributed by atoms with van der Waals surface area (Å²) in [6.45, 7) is 3.35. The van der Waals surface area contributed by atoms with Gasteiger partial charge in [0.1, 0.15) is 15.7 Å². The van der Waals surface area contributed by atoms with Crippen LogP contribution in [-0.4, -0.2) is 60.4 Å². The first-order valence-electron chi connectivity index (χ1n) is 13.8. The van der Waals surface area contributed by atoms with E-state index in [0.717, 1.165) is 47.4 Å². The molecule has 0 saturated carbocycles. The minimum absolute atomic E-state index is 0.212. The number of ketones is 1. The summed E-state index contributed by atoms with van der Waals surface area (Å²) in [7, 11) is -2.07. The molecule has 1 aliphatic rings. The highest BCUT2D eigenvalue weighted by Crippen LogP contribution is 2.34. The molecule has 4 aromatic rings. The average Bonchev–Trinajstić information content (AvgIpc) is 3.71. The monoisotopic (exact) mass is 685 g/mol. The van der Waals surface area contributed by atoms with Crippen molar-refractivity contribution in [3.63, 3.8) is 0 Å². The van der Waals surface area contributed by atoms with Crippen molar-refractivity contribution in [3.8, 4) is 5.75 Å². The number of benzene rings is 2. The molecule has 3 heterocycles. The number of halogens is 4. The number of Topliss-reactive ketones (excluding diaryl/α,β-unsaturated/α-hetero) is 1. The number of thiophene rings is 1. The zero-order valence-electron chi connectivity index (χ0n) is 24.4. The zero-order valence-corrected chi connectivity index (χ0v) is 26.7. The highest BCUT2D eigenvalue weighted by Gasteiger charge is 2.38. The summed E-state index contributed by atoms with van der Waals surface area (Å²) >= 11 is 7.03. The summed E-state index contributed by atoms with van der Waals surface area (Å²) in [4.78, 5) is 21.7. The number of aromatic nitrogens is 2. The number of rotatable bonds is 10. The van der Waals surface area contributed by atoms with Gasteiger partial charge in [-0.25, -0.2) is 13.2 Å². The van der Waals surface area contributed by atoms with Gasteiger partial charge in [-0.1, -0.05) is 41.9 Å². The number of fused-ring (bicyclic) bond motifs is 1. The van der Waals surface area contributed by atoms with Gasteiger partial charge in [0.05, 0.1) is 40.1 Å². The van der Waals surface area contributed by atoms with Crippen LogP contribution in [0.25, 0.3) is 10.9 Å². The van der Waals surface area contributed by atoms with Crippen LogP contribution in [0.4, 0.5) is 13.2 Å². The van der Waals surface area contributed by atoms with Gasteiger partial charge in [-0.15, -0.1) is 11.3 Å². The molecular weight excluding hydrogens is 655 g/mol. The van der Waals surface area contributed by atoms with Gasteiger partial charge in [-0.2, -0.15) is 18.3 Å². The molecule has 1 atom stereocenters. The number of methoxy groups -OCH3 is 1. The normalized spacial score (nSPS) is 16.8. The summed E-state index contributed by atoms with van der Waals surface area (Å²) in [5.74, 6) is -2.19. The van der Waals surface area contributed by atoms with Crippen LogP contribution in [-0.2, 0) is 38.1 Å². The fourth-order valence-electron chi connectivity index (χ4n) is 5.10. The second-order valence-electron chi connectivity index (χ2n) is 10.7. The number of sulfone groups is 1. The maximum Gasteiger partial charge on any atom is 0.490 e. The molecule has 1 fully saturated rings. The fourth-order valence-corrected chi connectivity index (χ4v) is 7.95. The molecule has 2 N–H and O–H groups in total. The van der Waals surface area contributed by atoms with Crippen LogP contribution in [0.15, 0.2) is 58.8 Å². The number of carboxylic acids is 1. The van der Waals surface area contributed by atoms with E-state index in [0.29, 0.717) is 40.6 Å². The van der Waals surface area contributed by atoms with Crippen LogP contribution in [0.2, 0.25) is 4.34 Å². The van der Waals surface area contributed by atoms with E-state index in [4.69, 9.17) is 31.3 Å². The lowest BCUT2D eigenvalue weighted by Crippen LogP contribution is -2.44. The van der Waals surface area contributed by atoms with Gasteiger partial charge in [0.2, 0.25) is 0 Å². The van der Waals surface area contributed by atoms with Crippen LogP contribution >= 0.6 is 22.9 Å². The molecule has 2 aromatic carbocycles. The predicted molar refractivity (Wildman–Crippen MR) is 165 cm³/mol. The topological polar surface area (TPSA) is 128 Å². The Morgan fingerprint density at radius 1 is 1.16 bits per heavy atom. The van der Waals surface area contributed by atoms with E-state index in [9.17, 15) is 26.4 Å². The third kappa shape index (κ3) is 8.43. The number of carbonyl (C=O) groups is 2. The number of alkyl halides is 3. The predicted octanol–water partition coefficient (Wildman–Crippen LogP) is 6.06. The Balaban J connectivity index is 0.000000591. The van der Waals surface area contributed by atoms with E-state index in [1.807, 2.05) is 48.0 Å². The van der Waals surface area contributed by atoms with E-state index in [-0.39, 0.29) is 15.7 Å². The van der Waals surface area contributed by atoms with Crippen molar-refractivity contribution in [1.29, 1.82) is 0 Å². The summed E-state index contributed by atoms with van der Waals surface area (Å²) in [6.07, 6.45) is -2.00. The Morgan fingerprint density at radius 2 is 1.84 bits per heavy atom. The Bertz CT molecular complexity index is 1800. The molecule has 45 heavy (non-hydrogen) atoms. The summed E-state index contributed by atoms with van der Waals surface area (Å²) in [6, 6.07) is 16.8. The number of nitrogens with zero attached hydrogens (tertiary/aromatic N) is 2. The molecule has 0 radical (unpaired) electrons. The highest BCUT2D eigenvalue weighted by molar-refractivity contribution is 7.92. The molecule has 0 amide bonds. The SMILES string of the molecule is COc1cccc2c1c(CS(=O)(=O)c1ccc(Cl)s1)nn2Cc1cccc(CCC(=O)[C@]2(C)CCCN2)c1.O=C(O)C(F)(F)F. The van der Waals surface area contributed by atoms with E-state index in [1.54, 1.807) is 13.2 Å². The lowest BCUT2D eigenvalue weighted by atomic mass is 9.90. The number of aryl methyl sites for hydroxylation is 1. The number of aliphatic carboxylic acids is 1. The molecular formula is C30H31ClF3N3O6S2. The van der Waals surface area contributed by atoms with Gasteiger partial charge in [-0.3, -0.25) is 9.48 Å². The van der Waals surface area contributed by atoms with Crippen molar-refractivity contribution in [2.24, 2.45) is 0 Å². The minimum atomic E-state index is -5.08. The number of nitrogens with one attached hydrogen (secondary N) is 1. The van der Waals surface area contributed by atoms with Crippen molar-refractivity contribution in [2.45, 2.75) is 60.8 Å². The van der Waals surface area contributed by atoms with Crippen LogP contribution in [0, 0.1) is 0 Å². The largest absolute Gasteiger partial charge is 0.496 e. The molecule has 0 aliphatic carbocycles. The first-order valence-corrected chi connectivity index (χ1v) is 16.6. The minimum Gasteiger partial charge on any atom is -0.496 e. The number of carboxylic acid groups (broad SMARTS) is 1. The van der Waals surface area contributed by atoms with Crippen molar-refractivity contribution < 1.29 is 41.0 Å². The Labute approximate surface area is 266 Å². The van der Waals surface area contributed by atoms with E-state index in [1.165, 1.54) is 6.07 Å². The number of ether oxygens (including phenoxy) is 1. The van der Waals surface area contributed by atoms with Crippen LogP contribution in [0.1, 0.15) is 43.0 Å². The van der Waals surface area contributed by atoms with Gasteiger partial charge in [0.15, 0.2) is 15.6 Å².